The molecule has 116 valence electrons. The highest BCUT2D eigenvalue weighted by Gasteiger charge is 2.36. The van der Waals surface area contributed by atoms with Crippen LogP contribution in [-0.2, 0) is 9.47 Å². The van der Waals surface area contributed by atoms with Crippen molar-refractivity contribution in [3.05, 3.63) is 69.2 Å². The molecule has 0 aliphatic heterocycles. The van der Waals surface area contributed by atoms with Gasteiger partial charge in [0, 0.05) is 26.1 Å². The van der Waals surface area contributed by atoms with E-state index in [9.17, 15) is 0 Å². The molecule has 0 amide bonds. The van der Waals surface area contributed by atoms with Gasteiger partial charge in [-0.25, -0.2) is 0 Å². The van der Waals surface area contributed by atoms with Crippen LogP contribution < -0.4 is 0 Å². The zero-order valence-corrected chi connectivity index (χ0v) is 14.1. The van der Waals surface area contributed by atoms with E-state index >= 15 is 0 Å². The standard InChI is InChI=1S/C18H18Cl2O2/c1-21-18(22-2)15-10-14(12-5-3-4-6-13(12)15)11-7-8-16(19)17(20)9-11/h3-9,14-15,18H,10H2,1-2H3/t14-,15+/m0/s1. The van der Waals surface area contributed by atoms with Gasteiger partial charge in [0.15, 0.2) is 6.29 Å². The van der Waals surface area contributed by atoms with Gasteiger partial charge in [-0.05, 0) is 35.2 Å². The molecular formula is C18H18Cl2O2. The summed E-state index contributed by atoms with van der Waals surface area (Å²) in [6, 6.07) is 14.3. The summed E-state index contributed by atoms with van der Waals surface area (Å²) in [4.78, 5) is 0. The van der Waals surface area contributed by atoms with Gasteiger partial charge in [0.25, 0.3) is 0 Å². The Hall–Kier alpha value is -1.06. The van der Waals surface area contributed by atoms with E-state index in [0.29, 0.717) is 10.0 Å². The molecule has 0 aromatic heterocycles. The molecule has 0 N–H and O–H groups in total. The summed E-state index contributed by atoms with van der Waals surface area (Å²) in [5.74, 6) is 0.495. The van der Waals surface area contributed by atoms with Crippen molar-refractivity contribution in [2.45, 2.75) is 24.5 Å². The highest BCUT2D eigenvalue weighted by Crippen LogP contribution is 2.47. The van der Waals surface area contributed by atoms with Crippen molar-refractivity contribution in [1.82, 2.24) is 0 Å². The van der Waals surface area contributed by atoms with Crippen LogP contribution in [0.2, 0.25) is 10.0 Å². The molecule has 2 nitrogen and oxygen atoms in total. The molecule has 22 heavy (non-hydrogen) atoms. The van der Waals surface area contributed by atoms with Crippen molar-refractivity contribution < 1.29 is 9.47 Å². The molecule has 0 saturated heterocycles. The van der Waals surface area contributed by atoms with Crippen LogP contribution >= 0.6 is 23.2 Å². The van der Waals surface area contributed by atoms with Gasteiger partial charge in [0.2, 0.25) is 0 Å². The second kappa shape index (κ2) is 6.59. The van der Waals surface area contributed by atoms with Crippen LogP contribution in [0.1, 0.15) is 34.9 Å². The fraction of sp³-hybridized carbons (Fsp3) is 0.333. The van der Waals surface area contributed by atoms with Gasteiger partial charge < -0.3 is 9.47 Å². The predicted octanol–water partition coefficient (Wildman–Crippen LogP) is 5.23. The fourth-order valence-electron chi connectivity index (χ4n) is 3.40. The van der Waals surface area contributed by atoms with Gasteiger partial charge in [-0.3, -0.25) is 0 Å². The third-order valence-corrected chi connectivity index (χ3v) is 5.14. The number of hydrogen-bond donors (Lipinski definition) is 0. The average Bonchev–Trinajstić information content (AvgIpc) is 2.91. The van der Waals surface area contributed by atoms with E-state index in [-0.39, 0.29) is 18.1 Å². The van der Waals surface area contributed by atoms with Crippen LogP contribution in [0.3, 0.4) is 0 Å². The number of rotatable bonds is 4. The van der Waals surface area contributed by atoms with Gasteiger partial charge in [-0.15, -0.1) is 0 Å². The molecule has 2 aromatic carbocycles. The number of halogens is 2. The van der Waals surface area contributed by atoms with E-state index in [2.05, 4.69) is 24.3 Å². The first-order valence-corrected chi connectivity index (χ1v) is 8.00. The summed E-state index contributed by atoms with van der Waals surface area (Å²) in [5.41, 5.74) is 3.77. The van der Waals surface area contributed by atoms with Crippen LogP contribution in [0.15, 0.2) is 42.5 Å². The maximum Gasteiger partial charge on any atom is 0.163 e. The molecule has 0 unspecified atom stereocenters. The lowest BCUT2D eigenvalue weighted by molar-refractivity contribution is -0.118. The smallest absolute Gasteiger partial charge is 0.163 e. The number of hydrogen-bond acceptors (Lipinski definition) is 2. The van der Waals surface area contributed by atoms with E-state index in [1.165, 1.54) is 16.7 Å². The van der Waals surface area contributed by atoms with Crippen molar-refractivity contribution in [1.29, 1.82) is 0 Å². The summed E-state index contributed by atoms with van der Waals surface area (Å²) in [7, 11) is 3.37. The molecule has 1 aliphatic carbocycles. The second-order valence-corrected chi connectivity index (χ2v) is 6.35. The Labute approximate surface area is 141 Å². The molecule has 0 fully saturated rings. The zero-order chi connectivity index (χ0) is 15.7. The van der Waals surface area contributed by atoms with Crippen LogP contribution in [-0.4, -0.2) is 20.5 Å². The van der Waals surface area contributed by atoms with Crippen molar-refractivity contribution in [3.63, 3.8) is 0 Å². The highest BCUT2D eigenvalue weighted by molar-refractivity contribution is 6.42. The number of fused-ring (bicyclic) bond motifs is 1. The molecule has 3 rings (SSSR count). The minimum absolute atomic E-state index is 0.214. The number of methoxy groups -OCH3 is 2. The average molecular weight is 337 g/mol. The Kier molecular flexibility index (Phi) is 4.74. The molecular weight excluding hydrogens is 319 g/mol. The highest BCUT2D eigenvalue weighted by atomic mass is 35.5. The van der Waals surface area contributed by atoms with Gasteiger partial charge >= 0.3 is 0 Å². The normalized spacial score (nSPS) is 20.4. The molecule has 1 aliphatic rings. The summed E-state index contributed by atoms with van der Waals surface area (Å²) < 4.78 is 11.0. The lowest BCUT2D eigenvalue weighted by Crippen LogP contribution is -2.21. The monoisotopic (exact) mass is 336 g/mol. The molecule has 0 heterocycles. The quantitative estimate of drug-likeness (QED) is 0.711. The van der Waals surface area contributed by atoms with Gasteiger partial charge in [-0.1, -0.05) is 53.5 Å². The minimum atomic E-state index is -0.242. The van der Waals surface area contributed by atoms with Crippen molar-refractivity contribution >= 4 is 23.2 Å². The maximum atomic E-state index is 6.19. The molecule has 0 radical (unpaired) electrons. The first-order chi connectivity index (χ1) is 10.7. The van der Waals surface area contributed by atoms with E-state index < -0.39 is 0 Å². The summed E-state index contributed by atoms with van der Waals surface area (Å²) in [5, 5.41) is 1.18. The predicted molar refractivity (Wildman–Crippen MR) is 89.9 cm³/mol. The Morgan fingerprint density at radius 2 is 1.64 bits per heavy atom. The van der Waals surface area contributed by atoms with Gasteiger partial charge in [0.1, 0.15) is 0 Å². The number of benzene rings is 2. The van der Waals surface area contributed by atoms with Crippen LogP contribution in [0, 0.1) is 0 Å². The Morgan fingerprint density at radius 1 is 0.955 bits per heavy atom. The first-order valence-electron chi connectivity index (χ1n) is 7.25. The minimum Gasteiger partial charge on any atom is -0.355 e. The molecule has 0 spiro atoms. The Morgan fingerprint density at radius 3 is 2.27 bits per heavy atom. The lowest BCUT2D eigenvalue weighted by atomic mass is 9.92. The van der Waals surface area contributed by atoms with Crippen LogP contribution in [0.4, 0.5) is 0 Å². The molecule has 4 heteroatoms. The van der Waals surface area contributed by atoms with Crippen LogP contribution in [0.5, 0.6) is 0 Å². The largest absolute Gasteiger partial charge is 0.355 e. The SMILES string of the molecule is COC(OC)[C@@H]1C[C@@H](c2ccc(Cl)c(Cl)c2)c2ccccc21. The zero-order valence-electron chi connectivity index (χ0n) is 12.6. The van der Waals surface area contributed by atoms with E-state index in [1.807, 2.05) is 18.2 Å². The summed E-state index contributed by atoms with van der Waals surface area (Å²) in [6.07, 6.45) is 0.692. The van der Waals surface area contributed by atoms with Crippen molar-refractivity contribution in [2.75, 3.05) is 14.2 Å². The topological polar surface area (TPSA) is 18.5 Å². The van der Waals surface area contributed by atoms with E-state index in [0.717, 1.165) is 6.42 Å². The lowest BCUT2D eigenvalue weighted by Gasteiger charge is -2.21. The molecule has 2 atom stereocenters. The Balaban J connectivity index is 2.02. The Bertz CT molecular complexity index is 668. The van der Waals surface area contributed by atoms with E-state index in [4.69, 9.17) is 32.7 Å². The molecule has 0 saturated carbocycles. The summed E-state index contributed by atoms with van der Waals surface area (Å²) in [6.45, 7) is 0. The fourth-order valence-corrected chi connectivity index (χ4v) is 3.71. The van der Waals surface area contributed by atoms with Gasteiger partial charge in [0.05, 0.1) is 10.0 Å². The van der Waals surface area contributed by atoms with Crippen molar-refractivity contribution in [2.24, 2.45) is 0 Å². The molecule has 2 aromatic rings. The van der Waals surface area contributed by atoms with Crippen molar-refractivity contribution in [3.8, 4) is 0 Å². The van der Waals surface area contributed by atoms with Crippen LogP contribution in [0.25, 0.3) is 0 Å². The third-order valence-electron chi connectivity index (χ3n) is 4.40. The summed E-state index contributed by atoms with van der Waals surface area (Å²) >= 11 is 12.2. The number of ether oxygens (including phenoxy) is 2. The van der Waals surface area contributed by atoms with E-state index in [1.54, 1.807) is 14.2 Å². The first kappa shape index (κ1) is 15.8. The maximum absolute atomic E-state index is 6.19. The second-order valence-electron chi connectivity index (χ2n) is 5.54. The third kappa shape index (κ3) is 2.77. The van der Waals surface area contributed by atoms with Gasteiger partial charge in [-0.2, -0.15) is 0 Å². The molecule has 0 bridgehead atoms.